The molecule has 0 bridgehead atoms. The Morgan fingerprint density at radius 2 is 2.00 bits per heavy atom. The van der Waals surface area contributed by atoms with Gasteiger partial charge in [-0.3, -0.25) is 4.68 Å². The van der Waals surface area contributed by atoms with Gasteiger partial charge in [0, 0.05) is 30.9 Å². The average molecular weight is 263 g/mol. The summed E-state index contributed by atoms with van der Waals surface area (Å²) in [6.07, 6.45) is 9.53. The van der Waals surface area contributed by atoms with Crippen molar-refractivity contribution in [3.05, 3.63) is 18.0 Å². The van der Waals surface area contributed by atoms with Gasteiger partial charge in [0.2, 0.25) is 0 Å². The largest absolute Gasteiger partial charge is 0.307 e. The quantitative estimate of drug-likeness (QED) is 0.901. The zero-order valence-corrected chi connectivity index (χ0v) is 13.1. The molecule has 1 aromatic rings. The summed E-state index contributed by atoms with van der Waals surface area (Å²) in [5, 5.41) is 8.13. The monoisotopic (exact) mass is 263 g/mol. The van der Waals surface area contributed by atoms with Crippen molar-refractivity contribution >= 4 is 0 Å². The second-order valence-electron chi connectivity index (χ2n) is 7.20. The van der Waals surface area contributed by atoms with Crippen molar-refractivity contribution in [2.75, 3.05) is 0 Å². The second-order valence-corrected chi connectivity index (χ2v) is 7.20. The Labute approximate surface area is 117 Å². The fourth-order valence-corrected chi connectivity index (χ4v) is 3.45. The normalized spacial score (nSPS) is 26.4. The third-order valence-electron chi connectivity index (χ3n) is 4.57. The van der Waals surface area contributed by atoms with E-state index >= 15 is 0 Å². The molecule has 0 radical (unpaired) electrons. The summed E-state index contributed by atoms with van der Waals surface area (Å²) in [5.74, 6) is 0.778. The second kappa shape index (κ2) is 5.66. The van der Waals surface area contributed by atoms with Crippen molar-refractivity contribution in [1.29, 1.82) is 0 Å². The first kappa shape index (κ1) is 14.6. The fraction of sp³-hybridized carbons (Fsp3) is 0.812. The van der Waals surface area contributed by atoms with E-state index in [9.17, 15) is 0 Å². The molecule has 0 aromatic carbocycles. The molecule has 3 nitrogen and oxygen atoms in total. The maximum Gasteiger partial charge on any atom is 0.0537 e. The standard InChI is InChI=1S/C16H29N3/c1-12(13-10-17-19(5)11-13)18-15-9-7-6-8-14(15)16(2,3)4/h10-12,14-15,18H,6-9H2,1-5H3. The SMILES string of the molecule is CC(NC1CCCCC1C(C)(C)C)c1cnn(C)c1. The molecule has 0 spiro atoms. The summed E-state index contributed by atoms with van der Waals surface area (Å²) in [5.41, 5.74) is 1.69. The van der Waals surface area contributed by atoms with Crippen LogP contribution < -0.4 is 5.32 Å². The van der Waals surface area contributed by atoms with Crippen LogP contribution in [0.1, 0.15) is 65.0 Å². The van der Waals surface area contributed by atoms with Crippen LogP contribution in [0.15, 0.2) is 12.4 Å². The maximum atomic E-state index is 4.28. The minimum atomic E-state index is 0.390. The molecule has 1 N–H and O–H groups in total. The van der Waals surface area contributed by atoms with Crippen molar-refractivity contribution in [1.82, 2.24) is 15.1 Å². The van der Waals surface area contributed by atoms with E-state index in [4.69, 9.17) is 0 Å². The summed E-state index contributed by atoms with van der Waals surface area (Å²) in [6, 6.07) is 1.03. The zero-order chi connectivity index (χ0) is 14.0. The Morgan fingerprint density at radius 3 is 2.58 bits per heavy atom. The summed E-state index contributed by atoms with van der Waals surface area (Å²) < 4.78 is 1.88. The highest BCUT2D eigenvalue weighted by Crippen LogP contribution is 2.38. The minimum Gasteiger partial charge on any atom is -0.307 e. The maximum absolute atomic E-state index is 4.28. The predicted octanol–water partition coefficient (Wildman–Crippen LogP) is 3.68. The van der Waals surface area contributed by atoms with Gasteiger partial charge < -0.3 is 5.32 Å². The van der Waals surface area contributed by atoms with Gasteiger partial charge in [-0.15, -0.1) is 0 Å². The molecule has 1 heterocycles. The van der Waals surface area contributed by atoms with Crippen molar-refractivity contribution < 1.29 is 0 Å². The van der Waals surface area contributed by atoms with Gasteiger partial charge in [-0.2, -0.15) is 5.10 Å². The first-order valence-electron chi connectivity index (χ1n) is 7.62. The van der Waals surface area contributed by atoms with Gasteiger partial charge >= 0.3 is 0 Å². The topological polar surface area (TPSA) is 29.9 Å². The van der Waals surface area contributed by atoms with Gasteiger partial charge in [-0.25, -0.2) is 0 Å². The Hall–Kier alpha value is -0.830. The molecule has 1 aromatic heterocycles. The molecule has 0 aliphatic heterocycles. The number of rotatable bonds is 3. The predicted molar refractivity (Wildman–Crippen MR) is 80.0 cm³/mol. The van der Waals surface area contributed by atoms with Crippen LogP contribution in [0.2, 0.25) is 0 Å². The van der Waals surface area contributed by atoms with Crippen LogP contribution in [0.5, 0.6) is 0 Å². The first-order valence-corrected chi connectivity index (χ1v) is 7.62. The lowest BCUT2D eigenvalue weighted by atomic mass is 9.69. The van der Waals surface area contributed by atoms with Crippen molar-refractivity contribution in [3.8, 4) is 0 Å². The van der Waals surface area contributed by atoms with E-state index in [1.54, 1.807) is 0 Å². The van der Waals surface area contributed by atoms with E-state index in [0.717, 1.165) is 5.92 Å². The number of hydrogen-bond donors (Lipinski definition) is 1. The van der Waals surface area contributed by atoms with Crippen LogP contribution in [0.25, 0.3) is 0 Å². The van der Waals surface area contributed by atoms with E-state index in [1.165, 1.54) is 31.2 Å². The van der Waals surface area contributed by atoms with Gasteiger partial charge in [0.05, 0.1) is 6.20 Å². The molecule has 3 heteroatoms. The molecule has 19 heavy (non-hydrogen) atoms. The smallest absolute Gasteiger partial charge is 0.0537 e. The highest BCUT2D eigenvalue weighted by atomic mass is 15.2. The molecule has 2 rings (SSSR count). The molecular weight excluding hydrogens is 234 g/mol. The van der Waals surface area contributed by atoms with Crippen molar-refractivity contribution in [3.63, 3.8) is 0 Å². The third kappa shape index (κ3) is 3.59. The number of aryl methyl sites for hydroxylation is 1. The van der Waals surface area contributed by atoms with Crippen LogP contribution in [-0.4, -0.2) is 15.8 Å². The van der Waals surface area contributed by atoms with E-state index in [0.29, 0.717) is 17.5 Å². The minimum absolute atomic E-state index is 0.390. The molecular formula is C16H29N3. The zero-order valence-electron chi connectivity index (χ0n) is 13.1. The van der Waals surface area contributed by atoms with Crippen LogP contribution in [0, 0.1) is 11.3 Å². The van der Waals surface area contributed by atoms with E-state index in [2.05, 4.69) is 44.3 Å². The summed E-state index contributed by atoms with van der Waals surface area (Å²) in [6.45, 7) is 9.40. The van der Waals surface area contributed by atoms with Crippen LogP contribution >= 0.6 is 0 Å². The Morgan fingerprint density at radius 1 is 1.32 bits per heavy atom. The Balaban J connectivity index is 2.03. The lowest BCUT2D eigenvalue weighted by molar-refractivity contribution is 0.124. The summed E-state index contributed by atoms with van der Waals surface area (Å²) in [4.78, 5) is 0. The van der Waals surface area contributed by atoms with E-state index in [-0.39, 0.29) is 0 Å². The van der Waals surface area contributed by atoms with Crippen LogP contribution in [-0.2, 0) is 7.05 Å². The number of nitrogens with zero attached hydrogens (tertiary/aromatic N) is 2. The molecule has 1 fully saturated rings. The van der Waals surface area contributed by atoms with Crippen molar-refractivity contribution in [2.45, 2.75) is 65.5 Å². The number of aromatic nitrogens is 2. The van der Waals surface area contributed by atoms with Crippen LogP contribution in [0.4, 0.5) is 0 Å². The lowest BCUT2D eigenvalue weighted by Crippen LogP contribution is -2.45. The highest BCUT2D eigenvalue weighted by molar-refractivity contribution is 5.09. The highest BCUT2D eigenvalue weighted by Gasteiger charge is 2.34. The van der Waals surface area contributed by atoms with Crippen molar-refractivity contribution in [2.24, 2.45) is 18.4 Å². The summed E-state index contributed by atoms with van der Waals surface area (Å²) in [7, 11) is 1.98. The molecule has 1 saturated carbocycles. The lowest BCUT2D eigenvalue weighted by Gasteiger charge is -2.42. The third-order valence-corrected chi connectivity index (χ3v) is 4.57. The molecule has 0 amide bonds. The van der Waals surface area contributed by atoms with Gasteiger partial charge in [0.1, 0.15) is 0 Å². The van der Waals surface area contributed by atoms with E-state index in [1.807, 2.05) is 17.9 Å². The molecule has 3 atom stereocenters. The van der Waals surface area contributed by atoms with Gasteiger partial charge in [-0.1, -0.05) is 33.6 Å². The molecule has 108 valence electrons. The fourth-order valence-electron chi connectivity index (χ4n) is 3.45. The first-order chi connectivity index (χ1) is 8.88. The summed E-state index contributed by atoms with van der Waals surface area (Å²) >= 11 is 0. The van der Waals surface area contributed by atoms with Gasteiger partial charge in [-0.05, 0) is 31.1 Å². The van der Waals surface area contributed by atoms with E-state index < -0.39 is 0 Å². The molecule has 1 aliphatic carbocycles. The number of nitrogens with one attached hydrogen (secondary N) is 1. The Bertz CT molecular complexity index is 402. The molecule has 0 saturated heterocycles. The number of hydrogen-bond acceptors (Lipinski definition) is 2. The van der Waals surface area contributed by atoms with Gasteiger partial charge in [0.15, 0.2) is 0 Å². The molecule has 3 unspecified atom stereocenters. The molecule has 1 aliphatic rings. The van der Waals surface area contributed by atoms with Gasteiger partial charge in [0.25, 0.3) is 0 Å². The average Bonchev–Trinajstić information content (AvgIpc) is 2.75. The Kier molecular flexibility index (Phi) is 4.34. The van der Waals surface area contributed by atoms with Crippen LogP contribution in [0.3, 0.4) is 0 Å².